The molecule has 1 amide bonds. The summed E-state index contributed by atoms with van der Waals surface area (Å²) in [5.74, 6) is -0.00827. The van der Waals surface area contributed by atoms with E-state index in [0.717, 1.165) is 38.7 Å². The molecule has 0 aromatic rings. The quantitative estimate of drug-likeness (QED) is 0.751. The average Bonchev–Trinajstić information content (AvgIpc) is 2.88. The fourth-order valence-electron chi connectivity index (χ4n) is 2.53. The Hall–Kier alpha value is -0.610. The van der Waals surface area contributed by atoms with Gasteiger partial charge in [0.1, 0.15) is 0 Å². The fourth-order valence-corrected chi connectivity index (χ4v) is 2.53. The summed E-state index contributed by atoms with van der Waals surface area (Å²) in [6.45, 7) is 0.852. The predicted octanol–water partition coefficient (Wildman–Crippen LogP) is 2.33. The van der Waals surface area contributed by atoms with Gasteiger partial charge in [-0.2, -0.15) is 0 Å². The molecule has 0 spiro atoms. The Morgan fingerprint density at radius 1 is 1.18 bits per heavy atom. The number of carbonyl (C=O) groups is 1. The van der Waals surface area contributed by atoms with Crippen molar-refractivity contribution in [2.45, 2.75) is 70.0 Å². The predicted molar refractivity (Wildman–Crippen MR) is 64.3 cm³/mol. The van der Waals surface area contributed by atoms with Crippen LogP contribution in [0, 0.1) is 0 Å². The van der Waals surface area contributed by atoms with Crippen LogP contribution in [0.25, 0.3) is 0 Å². The number of hydrogen-bond acceptors (Lipinski definition) is 3. The number of rotatable bonds is 5. The molecule has 1 aliphatic carbocycles. The van der Waals surface area contributed by atoms with Crippen LogP contribution in [0.3, 0.4) is 0 Å². The molecule has 17 heavy (non-hydrogen) atoms. The molecule has 1 saturated heterocycles. The SMILES string of the molecule is O=C(CCC1CCCCO1)NOC1CCCC1. The van der Waals surface area contributed by atoms with E-state index in [1.165, 1.54) is 19.3 Å². The lowest BCUT2D eigenvalue weighted by Crippen LogP contribution is -2.29. The maximum Gasteiger partial charge on any atom is 0.243 e. The van der Waals surface area contributed by atoms with Crippen LogP contribution in [0.15, 0.2) is 0 Å². The molecule has 2 rings (SSSR count). The van der Waals surface area contributed by atoms with Crippen molar-refractivity contribution in [2.24, 2.45) is 0 Å². The number of nitrogens with one attached hydrogen (secondary N) is 1. The second-order valence-electron chi connectivity index (χ2n) is 5.08. The Balaban J connectivity index is 1.53. The lowest BCUT2D eigenvalue weighted by Gasteiger charge is -2.22. The monoisotopic (exact) mass is 241 g/mol. The smallest absolute Gasteiger partial charge is 0.243 e. The van der Waals surface area contributed by atoms with Crippen molar-refractivity contribution < 1.29 is 14.4 Å². The van der Waals surface area contributed by atoms with E-state index in [9.17, 15) is 4.79 Å². The van der Waals surface area contributed by atoms with Gasteiger partial charge in [-0.05, 0) is 38.5 Å². The summed E-state index contributed by atoms with van der Waals surface area (Å²) >= 11 is 0. The molecule has 0 radical (unpaired) electrons. The fraction of sp³-hybridized carbons (Fsp3) is 0.923. The lowest BCUT2D eigenvalue weighted by atomic mass is 10.0. The molecule has 2 fully saturated rings. The maximum absolute atomic E-state index is 11.6. The standard InChI is InChI=1S/C13H23NO3/c15-13(14-17-12-6-1-2-7-12)9-8-11-5-3-4-10-16-11/h11-12H,1-10H2,(H,14,15). The average molecular weight is 241 g/mol. The molecule has 0 aromatic carbocycles. The Morgan fingerprint density at radius 2 is 1.94 bits per heavy atom. The highest BCUT2D eigenvalue weighted by Gasteiger charge is 2.18. The first-order chi connectivity index (χ1) is 8.34. The number of amides is 1. The van der Waals surface area contributed by atoms with Crippen molar-refractivity contribution in [2.75, 3.05) is 6.61 Å². The second-order valence-corrected chi connectivity index (χ2v) is 5.08. The van der Waals surface area contributed by atoms with Crippen LogP contribution in [0.1, 0.15) is 57.8 Å². The zero-order valence-corrected chi connectivity index (χ0v) is 10.5. The minimum absolute atomic E-state index is 0.00827. The first-order valence-corrected chi connectivity index (χ1v) is 6.90. The van der Waals surface area contributed by atoms with Gasteiger partial charge in [0, 0.05) is 13.0 Å². The summed E-state index contributed by atoms with van der Waals surface area (Å²) in [6, 6.07) is 0. The van der Waals surface area contributed by atoms with Crippen molar-refractivity contribution in [1.82, 2.24) is 5.48 Å². The van der Waals surface area contributed by atoms with Gasteiger partial charge in [-0.25, -0.2) is 5.48 Å². The largest absolute Gasteiger partial charge is 0.378 e. The highest BCUT2D eigenvalue weighted by atomic mass is 16.7. The molecule has 1 aliphatic heterocycles. The van der Waals surface area contributed by atoms with Crippen LogP contribution in [-0.2, 0) is 14.4 Å². The summed E-state index contributed by atoms with van der Waals surface area (Å²) < 4.78 is 5.59. The highest BCUT2D eigenvalue weighted by Crippen LogP contribution is 2.20. The zero-order chi connectivity index (χ0) is 11.9. The van der Waals surface area contributed by atoms with E-state index >= 15 is 0 Å². The Morgan fingerprint density at radius 3 is 2.65 bits per heavy atom. The molecule has 0 bridgehead atoms. The molecular formula is C13H23NO3. The summed E-state index contributed by atoms with van der Waals surface area (Å²) in [6.07, 6.45) is 9.92. The van der Waals surface area contributed by atoms with Gasteiger partial charge in [0.25, 0.3) is 0 Å². The first-order valence-electron chi connectivity index (χ1n) is 6.90. The Bertz CT molecular complexity index is 233. The van der Waals surface area contributed by atoms with Crippen LogP contribution in [0.2, 0.25) is 0 Å². The van der Waals surface area contributed by atoms with E-state index in [1.807, 2.05) is 0 Å². The Labute approximate surface area is 103 Å². The number of hydrogen-bond donors (Lipinski definition) is 1. The highest BCUT2D eigenvalue weighted by molar-refractivity contribution is 5.74. The van der Waals surface area contributed by atoms with E-state index in [0.29, 0.717) is 6.42 Å². The van der Waals surface area contributed by atoms with Crippen LogP contribution in [-0.4, -0.2) is 24.7 Å². The van der Waals surface area contributed by atoms with E-state index in [2.05, 4.69) is 5.48 Å². The lowest BCUT2D eigenvalue weighted by molar-refractivity contribution is -0.139. The number of hydroxylamine groups is 1. The molecule has 4 heteroatoms. The van der Waals surface area contributed by atoms with Crippen LogP contribution >= 0.6 is 0 Å². The number of carbonyl (C=O) groups excluding carboxylic acids is 1. The van der Waals surface area contributed by atoms with Gasteiger partial charge in [-0.15, -0.1) is 0 Å². The molecule has 0 aromatic heterocycles. The number of ether oxygens (including phenoxy) is 1. The topological polar surface area (TPSA) is 47.6 Å². The Kier molecular flexibility index (Phi) is 5.26. The third-order valence-corrected chi connectivity index (χ3v) is 3.61. The molecule has 1 unspecified atom stereocenters. The van der Waals surface area contributed by atoms with Crippen molar-refractivity contribution in [3.05, 3.63) is 0 Å². The van der Waals surface area contributed by atoms with Crippen molar-refractivity contribution in [3.63, 3.8) is 0 Å². The van der Waals surface area contributed by atoms with Gasteiger partial charge in [0.2, 0.25) is 5.91 Å². The first kappa shape index (κ1) is 12.8. The molecule has 1 heterocycles. The zero-order valence-electron chi connectivity index (χ0n) is 10.5. The summed E-state index contributed by atoms with van der Waals surface area (Å²) in [5.41, 5.74) is 2.57. The summed E-state index contributed by atoms with van der Waals surface area (Å²) in [5, 5.41) is 0. The maximum atomic E-state index is 11.6. The minimum Gasteiger partial charge on any atom is -0.378 e. The molecule has 2 aliphatic rings. The van der Waals surface area contributed by atoms with Crippen LogP contribution in [0.4, 0.5) is 0 Å². The molecule has 4 nitrogen and oxygen atoms in total. The minimum atomic E-state index is -0.00827. The second kappa shape index (κ2) is 6.97. The molecule has 98 valence electrons. The van der Waals surface area contributed by atoms with Crippen molar-refractivity contribution in [3.8, 4) is 0 Å². The summed E-state index contributed by atoms with van der Waals surface area (Å²) in [7, 11) is 0. The van der Waals surface area contributed by atoms with Gasteiger partial charge in [0.05, 0.1) is 12.2 Å². The summed E-state index contributed by atoms with van der Waals surface area (Å²) in [4.78, 5) is 16.9. The molecule has 1 atom stereocenters. The van der Waals surface area contributed by atoms with E-state index in [1.54, 1.807) is 0 Å². The third-order valence-electron chi connectivity index (χ3n) is 3.61. The van der Waals surface area contributed by atoms with E-state index < -0.39 is 0 Å². The van der Waals surface area contributed by atoms with Crippen molar-refractivity contribution in [1.29, 1.82) is 0 Å². The van der Waals surface area contributed by atoms with Gasteiger partial charge in [0.15, 0.2) is 0 Å². The van der Waals surface area contributed by atoms with Gasteiger partial charge < -0.3 is 4.74 Å². The third kappa shape index (κ3) is 4.64. The molecule has 1 saturated carbocycles. The molecule has 1 N–H and O–H groups in total. The van der Waals surface area contributed by atoms with Crippen LogP contribution in [0.5, 0.6) is 0 Å². The van der Waals surface area contributed by atoms with Gasteiger partial charge in [-0.1, -0.05) is 12.8 Å². The van der Waals surface area contributed by atoms with E-state index in [4.69, 9.17) is 9.57 Å². The molecular weight excluding hydrogens is 218 g/mol. The van der Waals surface area contributed by atoms with E-state index in [-0.39, 0.29) is 18.1 Å². The van der Waals surface area contributed by atoms with Crippen molar-refractivity contribution >= 4 is 5.91 Å². The van der Waals surface area contributed by atoms with Crippen LogP contribution < -0.4 is 5.48 Å². The van der Waals surface area contributed by atoms with Gasteiger partial charge >= 0.3 is 0 Å². The van der Waals surface area contributed by atoms with Gasteiger partial charge in [-0.3, -0.25) is 9.63 Å². The normalized spacial score (nSPS) is 26.0.